The molecule has 3 saturated heterocycles. The molecule has 10 N–H and O–H groups in total. The van der Waals surface area contributed by atoms with E-state index in [1.807, 2.05) is 0 Å². The summed E-state index contributed by atoms with van der Waals surface area (Å²) in [4.78, 5) is 25.3. The van der Waals surface area contributed by atoms with Gasteiger partial charge in [-0.25, -0.2) is 9.59 Å². The Morgan fingerprint density at radius 3 is 1.66 bits per heavy atom. The second-order valence-corrected chi connectivity index (χ2v) is 17.6. The van der Waals surface area contributed by atoms with Crippen molar-refractivity contribution in [2.75, 3.05) is 13.1 Å². The predicted octanol–water partition coefficient (Wildman–Crippen LogP) is -0.419. The zero-order chi connectivity index (χ0) is 42.0. The Morgan fingerprint density at radius 1 is 0.643 bits per heavy atom. The lowest BCUT2D eigenvalue weighted by Gasteiger charge is -2.48. The van der Waals surface area contributed by atoms with Gasteiger partial charge in [-0.3, -0.25) is 0 Å². The minimum Gasteiger partial charge on any atom is -0.444 e. The molecule has 3 aliphatic heterocycles. The first kappa shape index (κ1) is 46.7. The first-order valence-electron chi connectivity index (χ1n) is 19.6. The highest BCUT2D eigenvalue weighted by molar-refractivity contribution is 5.68. The Morgan fingerprint density at radius 2 is 1.12 bits per heavy atom. The molecular formula is C37H67N3O16. The van der Waals surface area contributed by atoms with E-state index in [0.717, 1.165) is 0 Å². The molecule has 19 nitrogen and oxygen atoms in total. The van der Waals surface area contributed by atoms with Crippen molar-refractivity contribution in [3.8, 4) is 0 Å². The fraction of sp³-hybridized carbons (Fsp3) is 0.946. The van der Waals surface area contributed by atoms with Crippen LogP contribution in [0.25, 0.3) is 0 Å². The van der Waals surface area contributed by atoms with Gasteiger partial charge in [0, 0.05) is 24.9 Å². The van der Waals surface area contributed by atoms with Crippen molar-refractivity contribution in [3.05, 3.63) is 0 Å². The zero-order valence-electron chi connectivity index (χ0n) is 34.1. The lowest BCUT2D eigenvalue weighted by atomic mass is 9.80. The number of aliphatic hydroxyl groups excluding tert-OH is 6. The smallest absolute Gasteiger partial charge is 0.407 e. The molecule has 4 fully saturated rings. The maximum absolute atomic E-state index is 12.9. The molecule has 10 unspecified atom stereocenters. The number of nitrogens with one attached hydrogen (secondary N) is 2. The third kappa shape index (κ3) is 11.4. The summed E-state index contributed by atoms with van der Waals surface area (Å²) in [6, 6.07) is -0.918. The molecule has 0 aromatic carbocycles. The van der Waals surface area contributed by atoms with E-state index in [1.165, 1.54) is 0 Å². The number of aliphatic hydroxyl groups is 6. The van der Waals surface area contributed by atoms with Crippen LogP contribution in [0.4, 0.5) is 9.59 Å². The average Bonchev–Trinajstić information content (AvgIpc) is 3.39. The van der Waals surface area contributed by atoms with Crippen LogP contribution in [0.15, 0.2) is 0 Å². The first-order valence-corrected chi connectivity index (χ1v) is 19.6. The van der Waals surface area contributed by atoms with Gasteiger partial charge in [-0.15, -0.1) is 0 Å². The molecule has 0 aromatic rings. The van der Waals surface area contributed by atoms with Gasteiger partial charge in [0.15, 0.2) is 18.9 Å². The molecule has 1 aliphatic carbocycles. The van der Waals surface area contributed by atoms with Crippen molar-refractivity contribution < 1.29 is 78.1 Å². The fourth-order valence-electron chi connectivity index (χ4n) is 7.49. The van der Waals surface area contributed by atoms with E-state index in [-0.39, 0.29) is 19.5 Å². The maximum Gasteiger partial charge on any atom is 0.407 e. The monoisotopic (exact) mass is 809 g/mol. The highest BCUT2D eigenvalue weighted by Crippen LogP contribution is 2.38. The molecule has 19 heteroatoms. The predicted molar refractivity (Wildman–Crippen MR) is 195 cm³/mol. The normalized spacial score (nSPS) is 43.6. The number of hydrogen-bond acceptors (Lipinski definition) is 17. The average molecular weight is 810 g/mol. The Kier molecular flexibility index (Phi) is 15.8. The molecule has 0 radical (unpaired) electrons. The minimum atomic E-state index is -1.50. The van der Waals surface area contributed by atoms with E-state index in [0.29, 0.717) is 6.42 Å². The number of ether oxygens (including phenoxy) is 8. The van der Waals surface area contributed by atoms with Crippen LogP contribution in [0.5, 0.6) is 0 Å². The molecule has 2 amide bonds. The molecule has 0 spiro atoms. The van der Waals surface area contributed by atoms with Gasteiger partial charge < -0.3 is 84.9 Å². The summed E-state index contributed by atoms with van der Waals surface area (Å²) in [7, 11) is 0. The molecule has 3 heterocycles. The maximum atomic E-state index is 12.9. The van der Waals surface area contributed by atoms with Gasteiger partial charge in [0.2, 0.25) is 0 Å². The largest absolute Gasteiger partial charge is 0.444 e. The summed E-state index contributed by atoms with van der Waals surface area (Å²) in [5, 5.41) is 71.8. The number of rotatable bonds is 11. The molecule has 19 atom stereocenters. The molecule has 0 bridgehead atoms. The summed E-state index contributed by atoms with van der Waals surface area (Å²) in [6.07, 6.45) is -18.9. The highest BCUT2D eigenvalue weighted by atomic mass is 16.8. The van der Waals surface area contributed by atoms with E-state index in [4.69, 9.17) is 43.6 Å². The Hall–Kier alpha value is -1.98. The van der Waals surface area contributed by atoms with Gasteiger partial charge in [-0.1, -0.05) is 27.7 Å². The van der Waals surface area contributed by atoms with Crippen LogP contribution in [0.1, 0.15) is 82.1 Å². The Bertz CT molecular complexity index is 1280. The van der Waals surface area contributed by atoms with Crippen molar-refractivity contribution >= 4 is 12.2 Å². The number of hydrogen-bond donors (Lipinski definition) is 9. The van der Waals surface area contributed by atoms with E-state index in [1.54, 1.807) is 69.2 Å². The molecule has 4 rings (SSSR count). The molecule has 56 heavy (non-hydrogen) atoms. The zero-order valence-corrected chi connectivity index (χ0v) is 34.1. The van der Waals surface area contributed by atoms with E-state index >= 15 is 0 Å². The van der Waals surface area contributed by atoms with Crippen molar-refractivity contribution in [1.29, 1.82) is 0 Å². The van der Waals surface area contributed by atoms with E-state index in [9.17, 15) is 40.2 Å². The molecule has 4 aliphatic rings. The lowest BCUT2D eigenvalue weighted by Crippen LogP contribution is -2.64. The van der Waals surface area contributed by atoms with E-state index < -0.39 is 139 Å². The fourth-order valence-corrected chi connectivity index (χ4v) is 7.49. The Labute approximate surface area is 328 Å². The third-order valence-electron chi connectivity index (χ3n) is 10.6. The minimum absolute atomic E-state index is 0.121. The van der Waals surface area contributed by atoms with Gasteiger partial charge in [-0.05, 0) is 60.3 Å². The van der Waals surface area contributed by atoms with Crippen LogP contribution in [0, 0.1) is 17.8 Å². The van der Waals surface area contributed by atoms with Crippen molar-refractivity contribution in [2.45, 2.75) is 191 Å². The van der Waals surface area contributed by atoms with Crippen LogP contribution >= 0.6 is 0 Å². The number of amides is 2. The third-order valence-corrected chi connectivity index (χ3v) is 10.6. The van der Waals surface area contributed by atoms with Crippen LogP contribution in [-0.4, -0.2) is 165 Å². The van der Waals surface area contributed by atoms with Gasteiger partial charge in [0.05, 0.1) is 30.5 Å². The second-order valence-electron chi connectivity index (χ2n) is 17.6. The summed E-state index contributed by atoms with van der Waals surface area (Å²) < 4.78 is 47.9. The number of nitrogens with two attached hydrogens (primary N) is 1. The standard InChI is InChI=1S/C37H67N3O16/c1-11-19-25(44)22(41)16(3)31(49-19)53-29-20(13-38)50-33(27(29)46)54-30-24(43)18(40-35(48)56-37(8,9)10)12-15(2)28(30)52-32-17(4)23(42)26(45)21(51-32)14-39-34(47)55-36(5,6)7/h15-33,41-46H,11-14,38H2,1-10H3,(H,39,47)(H,40,48)/t15?,16?,17?,18-,19+,20-,21?,22?,23-,24?,25?,26?,27+,28?,29?,30-,31-,32-,33+/m1/s1. The van der Waals surface area contributed by atoms with Crippen LogP contribution in [-0.2, 0) is 37.9 Å². The number of carbonyl (C=O) groups excluding carboxylic acids is 2. The van der Waals surface area contributed by atoms with Gasteiger partial charge >= 0.3 is 12.2 Å². The highest BCUT2D eigenvalue weighted by Gasteiger charge is 2.54. The summed E-state index contributed by atoms with van der Waals surface area (Å²) in [6.45, 7) is 16.7. The van der Waals surface area contributed by atoms with Gasteiger partial charge in [0.1, 0.15) is 60.0 Å². The molecular weight excluding hydrogens is 742 g/mol. The summed E-state index contributed by atoms with van der Waals surface area (Å²) in [5.41, 5.74) is 4.44. The van der Waals surface area contributed by atoms with Crippen molar-refractivity contribution in [2.24, 2.45) is 23.5 Å². The van der Waals surface area contributed by atoms with Crippen LogP contribution in [0.3, 0.4) is 0 Å². The van der Waals surface area contributed by atoms with Gasteiger partial charge in [-0.2, -0.15) is 0 Å². The van der Waals surface area contributed by atoms with Crippen molar-refractivity contribution in [1.82, 2.24) is 10.6 Å². The SMILES string of the molecule is CC[C@@H]1O[C@H](OC2[C@@H](CN)O[C@@H](O[C@H]3C(O[C@H]4OC(CNC(=O)OC(C)(C)C)C(O)[C@H](O)C4C)C(C)C[C@@H](NC(=O)OC(C)(C)C)C3O)[C@H]2O)C(C)C(O)C1O. The quantitative estimate of drug-likeness (QED) is 0.128. The topological polar surface area (TPSA) is 279 Å². The Balaban J connectivity index is 1.57. The molecule has 326 valence electrons. The molecule has 0 aromatic heterocycles. The van der Waals surface area contributed by atoms with Crippen LogP contribution < -0.4 is 16.4 Å². The number of carbonyl (C=O) groups is 2. The lowest BCUT2D eigenvalue weighted by molar-refractivity contribution is -0.322. The van der Waals surface area contributed by atoms with E-state index in [2.05, 4.69) is 10.6 Å². The molecule has 1 saturated carbocycles. The van der Waals surface area contributed by atoms with Gasteiger partial charge in [0.25, 0.3) is 0 Å². The van der Waals surface area contributed by atoms with Crippen molar-refractivity contribution in [3.63, 3.8) is 0 Å². The van der Waals surface area contributed by atoms with Crippen LogP contribution in [0.2, 0.25) is 0 Å². The number of alkyl carbamates (subject to hydrolysis) is 2. The second kappa shape index (κ2) is 18.9. The summed E-state index contributed by atoms with van der Waals surface area (Å²) in [5.74, 6) is -1.98. The first-order chi connectivity index (χ1) is 26.0. The summed E-state index contributed by atoms with van der Waals surface area (Å²) >= 11 is 0.